The van der Waals surface area contributed by atoms with Crippen molar-refractivity contribution in [3.8, 4) is 0 Å². The third kappa shape index (κ3) is 4.38. The van der Waals surface area contributed by atoms with Gasteiger partial charge in [0, 0.05) is 62.6 Å². The number of hydrogen-bond donors (Lipinski definition) is 0. The standard InChI is InChI=1S/C26H27ClFN5O2/c1-2-33-22-11-12-32(25(34)19-9-6-10-21(27)23(19)28)17-20(22)24(29-33)26(35)31-15-13-30(14-16-31)18-7-4-3-5-8-18/h3-10H,2,11-17H2,1H3. The van der Waals surface area contributed by atoms with Gasteiger partial charge in [-0.25, -0.2) is 4.39 Å². The minimum Gasteiger partial charge on any atom is -0.368 e. The quantitative estimate of drug-likeness (QED) is 0.551. The molecule has 0 atom stereocenters. The number of benzene rings is 2. The van der Waals surface area contributed by atoms with Crippen LogP contribution in [0, 0.1) is 5.82 Å². The number of carbonyl (C=O) groups excluding carboxylic acids is 2. The third-order valence-electron chi connectivity index (χ3n) is 6.79. The highest BCUT2D eigenvalue weighted by Gasteiger charge is 2.33. The van der Waals surface area contributed by atoms with E-state index in [0.717, 1.165) is 30.0 Å². The Kier molecular flexibility index (Phi) is 6.47. The first-order valence-corrected chi connectivity index (χ1v) is 12.3. The summed E-state index contributed by atoms with van der Waals surface area (Å²) in [5.74, 6) is -1.28. The molecule has 2 aliphatic heterocycles. The van der Waals surface area contributed by atoms with E-state index < -0.39 is 11.7 Å². The van der Waals surface area contributed by atoms with Gasteiger partial charge in [-0.15, -0.1) is 0 Å². The number of rotatable bonds is 4. The van der Waals surface area contributed by atoms with Crippen LogP contribution in [0.2, 0.25) is 5.02 Å². The van der Waals surface area contributed by atoms with E-state index in [9.17, 15) is 14.0 Å². The van der Waals surface area contributed by atoms with E-state index in [1.165, 1.54) is 12.1 Å². The highest BCUT2D eigenvalue weighted by atomic mass is 35.5. The first kappa shape index (κ1) is 23.4. The number of halogens is 2. The lowest BCUT2D eigenvalue weighted by atomic mass is 10.0. The Morgan fingerprint density at radius 3 is 2.40 bits per heavy atom. The molecule has 2 amide bonds. The molecule has 0 aliphatic carbocycles. The Labute approximate surface area is 208 Å². The van der Waals surface area contributed by atoms with Gasteiger partial charge in [-0.3, -0.25) is 14.3 Å². The van der Waals surface area contributed by atoms with Crippen molar-refractivity contribution >= 4 is 29.1 Å². The normalized spacial score (nSPS) is 15.8. The van der Waals surface area contributed by atoms with Crippen molar-refractivity contribution in [3.05, 3.63) is 81.9 Å². The third-order valence-corrected chi connectivity index (χ3v) is 7.09. The highest BCUT2D eigenvalue weighted by Crippen LogP contribution is 2.27. The lowest BCUT2D eigenvalue weighted by Gasteiger charge is -2.36. The molecule has 9 heteroatoms. The van der Waals surface area contributed by atoms with E-state index in [1.54, 1.807) is 11.0 Å². The zero-order valence-corrected chi connectivity index (χ0v) is 20.3. The van der Waals surface area contributed by atoms with E-state index in [4.69, 9.17) is 11.6 Å². The summed E-state index contributed by atoms with van der Waals surface area (Å²) in [6, 6.07) is 14.6. The molecule has 0 radical (unpaired) electrons. The number of fused-ring (bicyclic) bond motifs is 1. The van der Waals surface area contributed by atoms with Crippen LogP contribution < -0.4 is 4.90 Å². The number of para-hydroxylation sites is 1. The summed E-state index contributed by atoms with van der Waals surface area (Å²) < 4.78 is 16.4. The molecule has 0 spiro atoms. The lowest BCUT2D eigenvalue weighted by molar-refractivity contribution is 0.0706. The van der Waals surface area contributed by atoms with Gasteiger partial charge in [0.15, 0.2) is 11.5 Å². The van der Waals surface area contributed by atoms with Gasteiger partial charge in [-0.1, -0.05) is 35.9 Å². The summed E-state index contributed by atoms with van der Waals surface area (Å²) in [7, 11) is 0. The zero-order valence-electron chi connectivity index (χ0n) is 19.6. The van der Waals surface area contributed by atoms with Crippen molar-refractivity contribution in [3.63, 3.8) is 0 Å². The van der Waals surface area contributed by atoms with Crippen molar-refractivity contribution in [2.24, 2.45) is 0 Å². The van der Waals surface area contributed by atoms with Gasteiger partial charge in [-0.2, -0.15) is 5.10 Å². The Balaban J connectivity index is 1.35. The van der Waals surface area contributed by atoms with E-state index >= 15 is 0 Å². The predicted octanol–water partition coefficient (Wildman–Crippen LogP) is 3.86. The van der Waals surface area contributed by atoms with Gasteiger partial charge in [0.25, 0.3) is 11.8 Å². The van der Waals surface area contributed by atoms with Crippen LogP contribution in [-0.2, 0) is 19.5 Å². The maximum absolute atomic E-state index is 14.5. The molecule has 0 saturated carbocycles. The van der Waals surface area contributed by atoms with Gasteiger partial charge in [0.2, 0.25) is 0 Å². The molecule has 0 bridgehead atoms. The molecule has 1 saturated heterocycles. The van der Waals surface area contributed by atoms with Crippen LogP contribution in [0.5, 0.6) is 0 Å². The first-order valence-electron chi connectivity index (χ1n) is 11.9. The highest BCUT2D eigenvalue weighted by molar-refractivity contribution is 6.31. The van der Waals surface area contributed by atoms with E-state index in [1.807, 2.05) is 34.7 Å². The molecule has 1 aromatic heterocycles. The zero-order chi connectivity index (χ0) is 24.5. The Bertz CT molecular complexity index is 1250. The second-order valence-corrected chi connectivity index (χ2v) is 9.19. The Morgan fingerprint density at radius 1 is 0.943 bits per heavy atom. The van der Waals surface area contributed by atoms with Crippen LogP contribution in [0.3, 0.4) is 0 Å². The van der Waals surface area contributed by atoms with Crippen LogP contribution in [-0.4, -0.2) is 64.1 Å². The molecule has 0 N–H and O–H groups in total. The average molecular weight is 496 g/mol. The number of aryl methyl sites for hydroxylation is 1. The van der Waals surface area contributed by atoms with Gasteiger partial charge < -0.3 is 14.7 Å². The summed E-state index contributed by atoms with van der Waals surface area (Å²) in [5.41, 5.74) is 3.20. The number of carbonyl (C=O) groups is 2. The van der Waals surface area contributed by atoms with E-state index in [2.05, 4.69) is 22.1 Å². The van der Waals surface area contributed by atoms with E-state index in [0.29, 0.717) is 38.3 Å². The minimum atomic E-state index is -0.721. The summed E-state index contributed by atoms with van der Waals surface area (Å²) >= 11 is 5.89. The van der Waals surface area contributed by atoms with Crippen LogP contribution in [0.4, 0.5) is 10.1 Å². The maximum Gasteiger partial charge on any atom is 0.274 e. The molecule has 182 valence electrons. The molecule has 35 heavy (non-hydrogen) atoms. The average Bonchev–Trinajstić information content (AvgIpc) is 3.28. The number of amides is 2. The maximum atomic E-state index is 14.5. The van der Waals surface area contributed by atoms with Gasteiger partial charge in [-0.05, 0) is 31.2 Å². The number of aromatic nitrogens is 2. The van der Waals surface area contributed by atoms with Crippen LogP contribution in [0.1, 0.15) is 39.0 Å². The fourth-order valence-electron chi connectivity index (χ4n) is 4.89. The van der Waals surface area contributed by atoms with Gasteiger partial charge >= 0.3 is 0 Å². The van der Waals surface area contributed by atoms with Crippen molar-refractivity contribution in [2.75, 3.05) is 37.6 Å². The fourth-order valence-corrected chi connectivity index (χ4v) is 5.07. The molecular formula is C26H27ClFN5O2. The van der Waals surface area contributed by atoms with Crippen LogP contribution >= 0.6 is 11.6 Å². The topological polar surface area (TPSA) is 61.7 Å². The SMILES string of the molecule is CCn1nc(C(=O)N2CCN(c3ccccc3)CC2)c2c1CCN(C(=O)c1cccc(Cl)c1F)C2. The summed E-state index contributed by atoms with van der Waals surface area (Å²) in [6.45, 7) is 5.93. The first-order chi connectivity index (χ1) is 17.0. The van der Waals surface area contributed by atoms with Gasteiger partial charge in [0.05, 0.1) is 17.1 Å². The molecule has 0 unspecified atom stereocenters. The predicted molar refractivity (Wildman–Crippen MR) is 132 cm³/mol. The molecule has 1 fully saturated rings. The van der Waals surface area contributed by atoms with Crippen molar-refractivity contribution in [1.82, 2.24) is 19.6 Å². The molecule has 5 rings (SSSR count). The molecule has 3 heterocycles. The number of piperazine rings is 1. The van der Waals surface area contributed by atoms with Gasteiger partial charge in [0.1, 0.15) is 0 Å². The monoisotopic (exact) mass is 495 g/mol. The second-order valence-electron chi connectivity index (χ2n) is 8.78. The number of anilines is 1. The molecule has 2 aromatic carbocycles. The number of nitrogens with zero attached hydrogens (tertiary/aromatic N) is 5. The summed E-state index contributed by atoms with van der Waals surface area (Å²) in [6.07, 6.45) is 0.555. The Morgan fingerprint density at radius 2 is 1.69 bits per heavy atom. The summed E-state index contributed by atoms with van der Waals surface area (Å²) in [5, 5.41) is 4.55. The molecule has 2 aliphatic rings. The van der Waals surface area contributed by atoms with Crippen molar-refractivity contribution in [2.45, 2.75) is 26.4 Å². The fraction of sp³-hybridized carbons (Fsp3) is 0.346. The van der Waals surface area contributed by atoms with Crippen LogP contribution in [0.15, 0.2) is 48.5 Å². The molecule has 3 aromatic rings. The number of hydrogen-bond acceptors (Lipinski definition) is 4. The van der Waals surface area contributed by atoms with Crippen molar-refractivity contribution in [1.29, 1.82) is 0 Å². The minimum absolute atomic E-state index is 0.0613. The Hall–Kier alpha value is -3.39. The second kappa shape index (κ2) is 9.70. The molecular weight excluding hydrogens is 469 g/mol. The van der Waals surface area contributed by atoms with Crippen LogP contribution in [0.25, 0.3) is 0 Å². The van der Waals surface area contributed by atoms with E-state index in [-0.39, 0.29) is 23.0 Å². The summed E-state index contributed by atoms with van der Waals surface area (Å²) in [4.78, 5) is 32.3. The van der Waals surface area contributed by atoms with Crippen molar-refractivity contribution < 1.29 is 14.0 Å². The smallest absolute Gasteiger partial charge is 0.274 e. The molecule has 7 nitrogen and oxygen atoms in total. The largest absolute Gasteiger partial charge is 0.368 e. The lowest BCUT2D eigenvalue weighted by Crippen LogP contribution is -2.49.